The van der Waals surface area contributed by atoms with Gasteiger partial charge in [-0.25, -0.2) is 0 Å². The first kappa shape index (κ1) is 11.6. The van der Waals surface area contributed by atoms with Crippen molar-refractivity contribution in [2.24, 2.45) is 0 Å². The molecule has 1 fully saturated rings. The summed E-state index contributed by atoms with van der Waals surface area (Å²) in [5, 5.41) is 0. The van der Waals surface area contributed by atoms with Gasteiger partial charge in [-0.05, 0) is 25.5 Å². The Morgan fingerprint density at radius 1 is 1.38 bits per heavy atom. The van der Waals surface area contributed by atoms with Crippen LogP contribution in [0.15, 0.2) is 0 Å². The van der Waals surface area contributed by atoms with Crippen LogP contribution in [0.1, 0.15) is 39.5 Å². The average Bonchev–Trinajstić information content (AvgIpc) is 2.57. The summed E-state index contributed by atoms with van der Waals surface area (Å²) >= 11 is 1.53. The van der Waals surface area contributed by atoms with Crippen molar-refractivity contribution in [1.29, 1.82) is 0 Å². The lowest BCUT2D eigenvalue weighted by atomic mass is 10.4. The van der Waals surface area contributed by atoms with E-state index in [0.717, 1.165) is 18.6 Å². The Kier molecular flexibility index (Phi) is 4.85. The minimum atomic E-state index is -2.35. The van der Waals surface area contributed by atoms with Crippen LogP contribution >= 0.6 is 18.0 Å². The molecule has 1 aliphatic carbocycles. The molecule has 1 atom stereocenters. The molecule has 0 N–H and O–H groups in total. The van der Waals surface area contributed by atoms with E-state index in [1.165, 1.54) is 24.2 Å². The maximum absolute atomic E-state index is 12.4. The van der Waals surface area contributed by atoms with Crippen LogP contribution in [0.2, 0.25) is 0 Å². The predicted molar refractivity (Wildman–Crippen MR) is 59.6 cm³/mol. The van der Waals surface area contributed by atoms with E-state index in [1.807, 2.05) is 13.8 Å². The molecule has 0 radical (unpaired) electrons. The molecule has 0 aromatic rings. The van der Waals surface area contributed by atoms with E-state index in [2.05, 4.69) is 0 Å². The third-order valence-electron chi connectivity index (χ3n) is 2.39. The average molecular weight is 222 g/mol. The molecule has 4 heteroatoms. The SMILES string of the molecule is CCOP(=O)(SCC)C1CCCC1. The summed E-state index contributed by atoms with van der Waals surface area (Å²) in [4.78, 5) is 0. The van der Waals surface area contributed by atoms with Gasteiger partial charge in [0.15, 0.2) is 0 Å². The van der Waals surface area contributed by atoms with E-state index in [9.17, 15) is 4.57 Å². The quantitative estimate of drug-likeness (QED) is 0.660. The summed E-state index contributed by atoms with van der Waals surface area (Å²) in [6.07, 6.45) is 4.66. The number of rotatable bonds is 5. The van der Waals surface area contributed by atoms with Gasteiger partial charge in [0.05, 0.1) is 6.61 Å². The summed E-state index contributed by atoms with van der Waals surface area (Å²) in [5.74, 6) is 0.897. The van der Waals surface area contributed by atoms with E-state index in [4.69, 9.17) is 4.52 Å². The van der Waals surface area contributed by atoms with Crippen molar-refractivity contribution < 1.29 is 9.09 Å². The zero-order valence-electron chi connectivity index (χ0n) is 8.49. The van der Waals surface area contributed by atoms with E-state index < -0.39 is 6.57 Å². The highest BCUT2D eigenvalue weighted by atomic mass is 32.7. The second-order valence-corrected chi connectivity index (χ2v) is 8.52. The standard InChI is InChI=1S/C9H19O2PS/c1-3-11-12(10,13-4-2)9-7-5-6-8-9/h9H,3-8H2,1-2H3. The second kappa shape index (κ2) is 5.43. The topological polar surface area (TPSA) is 26.3 Å². The van der Waals surface area contributed by atoms with Crippen LogP contribution in [0.5, 0.6) is 0 Å². The molecule has 0 bridgehead atoms. The van der Waals surface area contributed by atoms with E-state index in [0.29, 0.717) is 12.3 Å². The monoisotopic (exact) mass is 222 g/mol. The predicted octanol–water partition coefficient (Wildman–Crippen LogP) is 3.91. The lowest BCUT2D eigenvalue weighted by Gasteiger charge is -2.22. The van der Waals surface area contributed by atoms with Crippen molar-refractivity contribution >= 4 is 18.0 Å². The molecule has 1 saturated carbocycles. The van der Waals surface area contributed by atoms with Crippen molar-refractivity contribution in [3.05, 3.63) is 0 Å². The van der Waals surface area contributed by atoms with Crippen LogP contribution in [-0.4, -0.2) is 18.0 Å². The van der Waals surface area contributed by atoms with Gasteiger partial charge in [-0.2, -0.15) is 0 Å². The van der Waals surface area contributed by atoms with Crippen molar-refractivity contribution in [2.75, 3.05) is 12.4 Å². The summed E-state index contributed by atoms with van der Waals surface area (Å²) in [6, 6.07) is 0. The molecule has 1 rings (SSSR count). The third-order valence-corrected chi connectivity index (χ3v) is 8.10. The molecular formula is C9H19O2PS. The first-order chi connectivity index (χ1) is 6.23. The molecule has 0 spiro atoms. The van der Waals surface area contributed by atoms with Crippen LogP contribution in [-0.2, 0) is 9.09 Å². The van der Waals surface area contributed by atoms with Crippen molar-refractivity contribution in [3.8, 4) is 0 Å². The Hall–Kier alpha value is 0.540. The number of hydrogen-bond donors (Lipinski definition) is 0. The highest BCUT2D eigenvalue weighted by Crippen LogP contribution is 2.66. The minimum Gasteiger partial charge on any atom is -0.321 e. The smallest absolute Gasteiger partial charge is 0.260 e. The van der Waals surface area contributed by atoms with Crippen molar-refractivity contribution in [1.82, 2.24) is 0 Å². The summed E-state index contributed by atoms with van der Waals surface area (Å²) < 4.78 is 17.8. The first-order valence-electron chi connectivity index (χ1n) is 5.11. The molecule has 1 unspecified atom stereocenters. The van der Waals surface area contributed by atoms with Gasteiger partial charge in [0.2, 0.25) is 0 Å². The zero-order valence-corrected chi connectivity index (χ0v) is 10.2. The molecule has 1 aliphatic rings. The Morgan fingerprint density at radius 2 is 2.00 bits per heavy atom. The second-order valence-electron chi connectivity index (χ2n) is 3.31. The summed E-state index contributed by atoms with van der Waals surface area (Å²) in [6.45, 7) is 2.21. The summed E-state index contributed by atoms with van der Waals surface area (Å²) in [5.41, 5.74) is 0.345. The summed E-state index contributed by atoms with van der Waals surface area (Å²) in [7, 11) is 0. The third kappa shape index (κ3) is 3.00. The van der Waals surface area contributed by atoms with Gasteiger partial charge in [-0.15, -0.1) is 0 Å². The van der Waals surface area contributed by atoms with Crippen molar-refractivity contribution in [2.45, 2.75) is 45.2 Å². The van der Waals surface area contributed by atoms with Gasteiger partial charge in [-0.3, -0.25) is 4.57 Å². The molecule has 0 aliphatic heterocycles. The molecule has 78 valence electrons. The molecule has 13 heavy (non-hydrogen) atoms. The van der Waals surface area contributed by atoms with E-state index in [1.54, 1.807) is 0 Å². The fraction of sp³-hybridized carbons (Fsp3) is 1.00. The Morgan fingerprint density at radius 3 is 2.46 bits per heavy atom. The van der Waals surface area contributed by atoms with Gasteiger partial charge in [-0.1, -0.05) is 31.1 Å². The lowest BCUT2D eigenvalue weighted by Crippen LogP contribution is -2.03. The van der Waals surface area contributed by atoms with Gasteiger partial charge in [0.1, 0.15) is 0 Å². The molecule has 0 saturated heterocycles. The van der Waals surface area contributed by atoms with Crippen LogP contribution in [0.4, 0.5) is 0 Å². The highest BCUT2D eigenvalue weighted by Gasteiger charge is 2.35. The van der Waals surface area contributed by atoms with Crippen LogP contribution in [0, 0.1) is 0 Å². The fourth-order valence-electron chi connectivity index (χ4n) is 1.83. The maximum atomic E-state index is 12.4. The van der Waals surface area contributed by atoms with Gasteiger partial charge >= 0.3 is 0 Å². The van der Waals surface area contributed by atoms with Gasteiger partial charge in [0, 0.05) is 5.66 Å². The first-order valence-corrected chi connectivity index (χ1v) is 8.40. The Bertz CT molecular complexity index is 180. The largest absolute Gasteiger partial charge is 0.321 e. The molecule has 2 nitrogen and oxygen atoms in total. The molecule has 0 aromatic heterocycles. The molecule has 0 heterocycles. The van der Waals surface area contributed by atoms with E-state index in [-0.39, 0.29) is 0 Å². The van der Waals surface area contributed by atoms with Gasteiger partial charge < -0.3 is 4.52 Å². The Balaban J connectivity index is 2.58. The van der Waals surface area contributed by atoms with Gasteiger partial charge in [0.25, 0.3) is 6.57 Å². The Labute approximate surface area is 85.0 Å². The number of hydrogen-bond acceptors (Lipinski definition) is 3. The highest BCUT2D eigenvalue weighted by molar-refractivity contribution is 8.56. The van der Waals surface area contributed by atoms with Crippen LogP contribution < -0.4 is 0 Å². The van der Waals surface area contributed by atoms with E-state index >= 15 is 0 Å². The van der Waals surface area contributed by atoms with Crippen LogP contribution in [0.3, 0.4) is 0 Å². The maximum Gasteiger partial charge on any atom is 0.260 e. The molecular weight excluding hydrogens is 203 g/mol. The minimum absolute atomic E-state index is 0.345. The normalized spacial score (nSPS) is 23.2. The molecule has 0 aromatic carbocycles. The van der Waals surface area contributed by atoms with Crippen molar-refractivity contribution in [3.63, 3.8) is 0 Å². The molecule has 0 amide bonds. The fourth-order valence-corrected chi connectivity index (χ4v) is 6.93. The zero-order chi connectivity index (χ0) is 9.73. The van der Waals surface area contributed by atoms with Crippen LogP contribution in [0.25, 0.3) is 0 Å². The lowest BCUT2D eigenvalue weighted by molar-refractivity contribution is 0.338.